The summed E-state index contributed by atoms with van der Waals surface area (Å²) in [6.07, 6.45) is -1.54. The monoisotopic (exact) mass is 239 g/mol. The van der Waals surface area contributed by atoms with E-state index in [1.807, 2.05) is 0 Å². The van der Waals surface area contributed by atoms with E-state index in [0.29, 0.717) is 0 Å². The molecule has 2 atom stereocenters. The third kappa shape index (κ3) is 1.51. The lowest BCUT2D eigenvalue weighted by Gasteiger charge is -2.20. The Morgan fingerprint density at radius 2 is 2.24 bits per heavy atom. The Morgan fingerprint density at radius 3 is 2.76 bits per heavy atom. The number of carboxylic acids is 1. The van der Waals surface area contributed by atoms with Gasteiger partial charge in [0.1, 0.15) is 16.9 Å². The van der Waals surface area contributed by atoms with Crippen molar-refractivity contribution in [2.75, 3.05) is 0 Å². The van der Waals surface area contributed by atoms with E-state index in [0.717, 1.165) is 0 Å². The van der Waals surface area contributed by atoms with Gasteiger partial charge in [-0.3, -0.25) is 10.1 Å². The van der Waals surface area contributed by atoms with Crippen molar-refractivity contribution in [3.63, 3.8) is 0 Å². The van der Waals surface area contributed by atoms with Gasteiger partial charge in [-0.25, -0.2) is 4.79 Å². The summed E-state index contributed by atoms with van der Waals surface area (Å²) < 4.78 is 5.02. The van der Waals surface area contributed by atoms with Crippen LogP contribution in [0.15, 0.2) is 18.2 Å². The number of fused-ring (bicyclic) bond motifs is 1. The molecule has 17 heavy (non-hydrogen) atoms. The lowest BCUT2D eigenvalue weighted by molar-refractivity contribution is -0.386. The standard InChI is InChI=1S/C10H9NO6/c1-10(14)7-5(11(15)16)3-2-4-6(7)17-8(10)9(12)13/h2-4,8,14H,1H3,(H,12,13)/t8-,10-/m1/s1. The highest BCUT2D eigenvalue weighted by Crippen LogP contribution is 2.46. The number of nitro groups is 1. The Kier molecular flexibility index (Phi) is 2.28. The van der Waals surface area contributed by atoms with E-state index < -0.39 is 22.6 Å². The first-order chi connectivity index (χ1) is 7.85. The number of hydrogen-bond donors (Lipinski definition) is 2. The Bertz CT molecular complexity index is 510. The first-order valence-corrected chi connectivity index (χ1v) is 4.75. The minimum absolute atomic E-state index is 0.0246. The summed E-state index contributed by atoms with van der Waals surface area (Å²) in [4.78, 5) is 21.0. The molecule has 0 spiro atoms. The van der Waals surface area contributed by atoms with Gasteiger partial charge in [0.25, 0.3) is 5.69 Å². The van der Waals surface area contributed by atoms with E-state index in [-0.39, 0.29) is 17.0 Å². The fourth-order valence-corrected chi connectivity index (χ4v) is 1.94. The quantitative estimate of drug-likeness (QED) is 0.579. The van der Waals surface area contributed by atoms with Crippen LogP contribution in [0.5, 0.6) is 5.75 Å². The lowest BCUT2D eigenvalue weighted by Crippen LogP contribution is -2.41. The zero-order chi connectivity index (χ0) is 12.8. The smallest absolute Gasteiger partial charge is 0.348 e. The van der Waals surface area contributed by atoms with E-state index in [4.69, 9.17) is 9.84 Å². The number of aliphatic hydroxyl groups is 1. The summed E-state index contributed by atoms with van der Waals surface area (Å²) in [5.41, 5.74) is -2.38. The van der Waals surface area contributed by atoms with Crippen molar-refractivity contribution in [3.8, 4) is 5.75 Å². The average molecular weight is 239 g/mol. The Hall–Kier alpha value is -2.15. The van der Waals surface area contributed by atoms with Crippen LogP contribution in [0.2, 0.25) is 0 Å². The second kappa shape index (κ2) is 3.42. The van der Waals surface area contributed by atoms with E-state index in [1.54, 1.807) is 0 Å². The van der Waals surface area contributed by atoms with Gasteiger partial charge in [0.05, 0.1) is 4.92 Å². The van der Waals surface area contributed by atoms with Crippen LogP contribution in [0.1, 0.15) is 12.5 Å². The van der Waals surface area contributed by atoms with E-state index in [2.05, 4.69) is 0 Å². The molecule has 0 aromatic heterocycles. The Morgan fingerprint density at radius 1 is 1.59 bits per heavy atom. The van der Waals surface area contributed by atoms with Gasteiger partial charge in [0.15, 0.2) is 0 Å². The second-order valence-corrected chi connectivity index (χ2v) is 3.89. The number of ether oxygens (including phenoxy) is 1. The van der Waals surface area contributed by atoms with Crippen LogP contribution in [-0.2, 0) is 10.4 Å². The number of aliphatic carboxylic acids is 1. The van der Waals surface area contributed by atoms with Crippen LogP contribution >= 0.6 is 0 Å². The minimum Gasteiger partial charge on any atom is -0.478 e. The van der Waals surface area contributed by atoms with Gasteiger partial charge in [0.2, 0.25) is 6.10 Å². The zero-order valence-electron chi connectivity index (χ0n) is 8.78. The van der Waals surface area contributed by atoms with E-state index in [9.17, 15) is 20.0 Å². The highest BCUT2D eigenvalue weighted by molar-refractivity contribution is 5.78. The van der Waals surface area contributed by atoms with Gasteiger partial charge in [-0.2, -0.15) is 0 Å². The maximum atomic E-state index is 10.9. The molecule has 0 aliphatic carbocycles. The molecule has 0 bridgehead atoms. The molecule has 2 N–H and O–H groups in total. The van der Waals surface area contributed by atoms with Crippen molar-refractivity contribution in [2.45, 2.75) is 18.6 Å². The molecular formula is C10H9NO6. The molecule has 0 amide bonds. The van der Waals surface area contributed by atoms with Crippen LogP contribution in [-0.4, -0.2) is 27.2 Å². The minimum atomic E-state index is -1.93. The first kappa shape index (κ1) is 11.3. The first-order valence-electron chi connectivity index (χ1n) is 4.75. The normalized spacial score (nSPS) is 26.1. The van der Waals surface area contributed by atoms with Gasteiger partial charge >= 0.3 is 5.97 Å². The Balaban J connectivity index is 2.64. The summed E-state index contributed by atoms with van der Waals surface area (Å²) in [6.45, 7) is 1.19. The number of carbonyl (C=O) groups is 1. The van der Waals surface area contributed by atoms with Crippen molar-refractivity contribution < 1.29 is 24.7 Å². The van der Waals surface area contributed by atoms with Gasteiger partial charge in [-0.05, 0) is 13.0 Å². The molecule has 1 aromatic carbocycles. The number of rotatable bonds is 2. The van der Waals surface area contributed by atoms with Crippen molar-refractivity contribution in [2.24, 2.45) is 0 Å². The molecule has 90 valence electrons. The molecule has 0 saturated carbocycles. The van der Waals surface area contributed by atoms with Crippen molar-refractivity contribution in [1.29, 1.82) is 0 Å². The van der Waals surface area contributed by atoms with E-state index in [1.165, 1.54) is 25.1 Å². The summed E-state index contributed by atoms with van der Waals surface area (Å²) in [5.74, 6) is -1.35. The number of carboxylic acid groups (broad SMARTS) is 1. The van der Waals surface area contributed by atoms with E-state index >= 15 is 0 Å². The van der Waals surface area contributed by atoms with Crippen molar-refractivity contribution in [3.05, 3.63) is 33.9 Å². The number of hydrogen-bond acceptors (Lipinski definition) is 5. The lowest BCUT2D eigenvalue weighted by atomic mass is 9.91. The SMILES string of the molecule is C[C@@]1(O)c2c(cccc2[N+](=O)[O-])O[C@@H]1C(=O)O. The van der Waals surface area contributed by atoms with Crippen LogP contribution in [0.25, 0.3) is 0 Å². The molecule has 2 rings (SSSR count). The molecule has 7 heteroatoms. The maximum absolute atomic E-state index is 10.9. The van der Waals surface area contributed by atoms with Gasteiger partial charge in [-0.15, -0.1) is 0 Å². The molecule has 0 radical (unpaired) electrons. The van der Waals surface area contributed by atoms with Crippen molar-refractivity contribution in [1.82, 2.24) is 0 Å². The predicted octanol–water partition coefficient (Wildman–Crippen LogP) is 0.648. The molecule has 0 saturated heterocycles. The predicted molar refractivity (Wildman–Crippen MR) is 54.7 cm³/mol. The summed E-state index contributed by atoms with van der Waals surface area (Å²) in [6, 6.07) is 3.96. The van der Waals surface area contributed by atoms with Crippen LogP contribution in [0.3, 0.4) is 0 Å². The third-order valence-electron chi connectivity index (χ3n) is 2.69. The topological polar surface area (TPSA) is 110 Å². The van der Waals surface area contributed by atoms with Crippen LogP contribution in [0.4, 0.5) is 5.69 Å². The summed E-state index contributed by atoms with van der Waals surface area (Å²) in [5, 5.41) is 29.8. The largest absolute Gasteiger partial charge is 0.478 e. The molecule has 0 fully saturated rings. The fourth-order valence-electron chi connectivity index (χ4n) is 1.94. The molecule has 7 nitrogen and oxygen atoms in total. The number of nitrogens with zero attached hydrogens (tertiary/aromatic N) is 1. The molecule has 1 aliphatic rings. The van der Waals surface area contributed by atoms with Crippen LogP contribution in [0, 0.1) is 10.1 Å². The highest BCUT2D eigenvalue weighted by atomic mass is 16.6. The van der Waals surface area contributed by atoms with Gasteiger partial charge in [-0.1, -0.05) is 6.07 Å². The maximum Gasteiger partial charge on any atom is 0.348 e. The van der Waals surface area contributed by atoms with Gasteiger partial charge < -0.3 is 14.9 Å². The molecule has 1 aliphatic heterocycles. The number of nitro benzene ring substituents is 1. The summed E-state index contributed by atoms with van der Waals surface area (Å²) in [7, 11) is 0. The van der Waals surface area contributed by atoms with Gasteiger partial charge in [0, 0.05) is 6.07 Å². The van der Waals surface area contributed by atoms with Crippen LogP contribution < -0.4 is 4.74 Å². The molecule has 1 heterocycles. The Labute approximate surface area is 95.4 Å². The molecule has 1 aromatic rings. The second-order valence-electron chi connectivity index (χ2n) is 3.89. The molecular weight excluding hydrogens is 230 g/mol. The highest BCUT2D eigenvalue weighted by Gasteiger charge is 2.52. The fraction of sp³-hybridized carbons (Fsp3) is 0.300. The zero-order valence-corrected chi connectivity index (χ0v) is 8.78. The third-order valence-corrected chi connectivity index (χ3v) is 2.69. The molecule has 0 unspecified atom stereocenters. The number of benzene rings is 1. The average Bonchev–Trinajstić information content (AvgIpc) is 2.50. The van der Waals surface area contributed by atoms with Crippen molar-refractivity contribution >= 4 is 11.7 Å². The summed E-state index contributed by atoms with van der Waals surface area (Å²) >= 11 is 0.